The molecule has 0 amide bonds. The Bertz CT molecular complexity index is 1280. The standard InChI is InChI=1S/C31H30N2PS.BrH/c1-3-33-29(25-17-9-5-10-18-25)32-30(31(33)35-4-2)34(26-19-11-6-12-20-26,27-21-13-7-14-22-27)28-23-15-8-16-24-28;/h5-24H,3-4H2,1-2H3;1H/q+1;/p-1. The van der Waals surface area contributed by atoms with Crippen LogP contribution in [0.3, 0.4) is 0 Å². The minimum atomic E-state index is -2.27. The van der Waals surface area contributed by atoms with Gasteiger partial charge in [-0.25, -0.2) is 0 Å². The average Bonchev–Trinajstić information content (AvgIpc) is 3.30. The molecule has 5 rings (SSSR count). The molecule has 1 heterocycles. The fraction of sp³-hybridized carbons (Fsp3) is 0.129. The number of hydrogen-bond donors (Lipinski definition) is 0. The molecule has 0 fully saturated rings. The fourth-order valence-corrected chi connectivity index (χ4v) is 10.4. The highest BCUT2D eigenvalue weighted by atomic mass is 79.9. The van der Waals surface area contributed by atoms with Crippen LogP contribution in [0, 0.1) is 0 Å². The molecular formula is C31H30BrN2PS. The number of rotatable bonds is 8. The van der Waals surface area contributed by atoms with Gasteiger partial charge in [-0.1, -0.05) is 91.9 Å². The minimum absolute atomic E-state index is 0. The van der Waals surface area contributed by atoms with Crippen LogP contribution in [0.25, 0.3) is 11.4 Å². The smallest absolute Gasteiger partial charge is 0.230 e. The second-order valence-corrected chi connectivity index (χ2v) is 12.9. The van der Waals surface area contributed by atoms with Crippen molar-refractivity contribution in [3.63, 3.8) is 0 Å². The molecule has 0 saturated carbocycles. The summed E-state index contributed by atoms with van der Waals surface area (Å²) in [4.78, 5) is 5.56. The molecule has 0 radical (unpaired) electrons. The molecule has 36 heavy (non-hydrogen) atoms. The lowest BCUT2D eigenvalue weighted by Crippen LogP contribution is -3.00. The number of halogens is 1. The van der Waals surface area contributed by atoms with Gasteiger partial charge in [-0.2, -0.15) is 4.98 Å². The zero-order valence-electron chi connectivity index (χ0n) is 20.6. The van der Waals surface area contributed by atoms with Gasteiger partial charge in [0.2, 0.25) is 5.44 Å². The van der Waals surface area contributed by atoms with E-state index in [2.05, 4.69) is 140 Å². The SMILES string of the molecule is CCSc1c([P+](c2ccccc2)(c2ccccc2)c2ccccc2)nc(-c2ccccc2)n1CC.[Br-]. The van der Waals surface area contributed by atoms with Crippen molar-refractivity contribution in [1.29, 1.82) is 0 Å². The summed E-state index contributed by atoms with van der Waals surface area (Å²) in [6, 6.07) is 43.7. The molecule has 0 bridgehead atoms. The zero-order valence-corrected chi connectivity index (χ0v) is 23.9. The van der Waals surface area contributed by atoms with E-state index >= 15 is 0 Å². The highest BCUT2D eigenvalue weighted by Gasteiger charge is 2.52. The monoisotopic (exact) mass is 572 g/mol. The summed E-state index contributed by atoms with van der Waals surface area (Å²) in [5, 5.41) is 5.26. The van der Waals surface area contributed by atoms with Crippen LogP contribution in [-0.2, 0) is 6.54 Å². The third-order valence-corrected chi connectivity index (χ3v) is 11.6. The van der Waals surface area contributed by atoms with E-state index in [9.17, 15) is 0 Å². The van der Waals surface area contributed by atoms with Crippen molar-refractivity contribution in [3.05, 3.63) is 121 Å². The summed E-state index contributed by atoms with van der Waals surface area (Å²) < 4.78 is 2.42. The number of benzene rings is 4. The maximum absolute atomic E-state index is 5.56. The highest BCUT2D eigenvalue weighted by Crippen LogP contribution is 2.56. The summed E-state index contributed by atoms with van der Waals surface area (Å²) in [5.74, 6) is 2.04. The molecule has 0 aliphatic carbocycles. The molecule has 0 aliphatic heterocycles. The van der Waals surface area contributed by atoms with Gasteiger partial charge < -0.3 is 21.5 Å². The van der Waals surface area contributed by atoms with Crippen LogP contribution in [0.2, 0.25) is 0 Å². The van der Waals surface area contributed by atoms with Crippen LogP contribution in [0.5, 0.6) is 0 Å². The number of nitrogens with zero attached hydrogens (tertiary/aromatic N) is 2. The largest absolute Gasteiger partial charge is 1.00 e. The second kappa shape index (κ2) is 12.1. The van der Waals surface area contributed by atoms with Crippen LogP contribution in [0.15, 0.2) is 126 Å². The second-order valence-electron chi connectivity index (χ2n) is 8.28. The summed E-state index contributed by atoms with van der Waals surface area (Å²) in [6.45, 7) is 5.33. The van der Waals surface area contributed by atoms with Gasteiger partial charge in [-0.3, -0.25) is 0 Å². The molecule has 0 spiro atoms. The summed E-state index contributed by atoms with van der Waals surface area (Å²) in [5.41, 5.74) is 2.36. The first-order valence-electron chi connectivity index (χ1n) is 12.2. The van der Waals surface area contributed by atoms with Gasteiger partial charge >= 0.3 is 0 Å². The Hall–Kier alpha value is -2.65. The van der Waals surface area contributed by atoms with Gasteiger partial charge in [0.05, 0.1) is 0 Å². The topological polar surface area (TPSA) is 17.8 Å². The van der Waals surface area contributed by atoms with Crippen molar-refractivity contribution in [1.82, 2.24) is 9.55 Å². The molecule has 0 N–H and O–H groups in total. The predicted molar refractivity (Wildman–Crippen MR) is 155 cm³/mol. The van der Waals surface area contributed by atoms with Gasteiger partial charge in [-0.15, -0.1) is 11.8 Å². The van der Waals surface area contributed by atoms with Gasteiger partial charge in [0, 0.05) is 12.1 Å². The van der Waals surface area contributed by atoms with E-state index in [4.69, 9.17) is 4.98 Å². The lowest BCUT2D eigenvalue weighted by Gasteiger charge is -2.26. The fourth-order valence-electron chi connectivity index (χ4n) is 4.79. The molecule has 5 heteroatoms. The molecule has 0 atom stereocenters. The van der Waals surface area contributed by atoms with Crippen molar-refractivity contribution in [3.8, 4) is 11.4 Å². The third kappa shape index (κ3) is 4.70. The Balaban J connectivity index is 0.00000304. The molecule has 1 aromatic heterocycles. The van der Waals surface area contributed by atoms with E-state index in [1.54, 1.807) is 0 Å². The Kier molecular flexibility index (Phi) is 8.85. The molecule has 4 aromatic carbocycles. The molecule has 0 aliphatic rings. The molecule has 182 valence electrons. The van der Waals surface area contributed by atoms with E-state index in [-0.39, 0.29) is 17.0 Å². The van der Waals surface area contributed by atoms with E-state index in [1.807, 2.05) is 11.8 Å². The molecular weight excluding hydrogens is 543 g/mol. The Morgan fingerprint density at radius 3 is 1.44 bits per heavy atom. The number of hydrogen-bond acceptors (Lipinski definition) is 2. The molecule has 0 saturated heterocycles. The van der Waals surface area contributed by atoms with Crippen LogP contribution in [-0.4, -0.2) is 15.3 Å². The first-order valence-corrected chi connectivity index (χ1v) is 14.9. The van der Waals surface area contributed by atoms with Crippen molar-refractivity contribution >= 4 is 40.4 Å². The molecule has 2 nitrogen and oxygen atoms in total. The van der Waals surface area contributed by atoms with E-state index < -0.39 is 7.26 Å². The van der Waals surface area contributed by atoms with Gasteiger partial charge in [0.15, 0.2) is 7.26 Å². The summed E-state index contributed by atoms with van der Waals surface area (Å²) in [6.07, 6.45) is 0. The molecule has 5 aromatic rings. The lowest BCUT2D eigenvalue weighted by molar-refractivity contribution is -0.00000688. The van der Waals surface area contributed by atoms with Crippen LogP contribution in [0.1, 0.15) is 13.8 Å². The van der Waals surface area contributed by atoms with Gasteiger partial charge in [0.25, 0.3) is 0 Å². The Labute approximate surface area is 229 Å². The third-order valence-electron chi connectivity index (χ3n) is 6.28. The lowest BCUT2D eigenvalue weighted by atomic mass is 10.2. The minimum Gasteiger partial charge on any atom is -1.00 e. The highest BCUT2D eigenvalue weighted by molar-refractivity contribution is 8.04. The number of imidazole rings is 1. The molecule has 0 unspecified atom stereocenters. The summed E-state index contributed by atoms with van der Waals surface area (Å²) >= 11 is 1.91. The zero-order chi connectivity index (χ0) is 24.1. The van der Waals surface area contributed by atoms with Crippen LogP contribution in [0.4, 0.5) is 0 Å². The first-order chi connectivity index (χ1) is 17.3. The quantitative estimate of drug-likeness (QED) is 0.210. The van der Waals surface area contributed by atoms with Crippen molar-refractivity contribution < 1.29 is 17.0 Å². The number of thioether (sulfide) groups is 1. The maximum Gasteiger partial charge on any atom is 0.230 e. The van der Waals surface area contributed by atoms with Crippen LogP contribution >= 0.6 is 19.0 Å². The predicted octanol–water partition coefficient (Wildman–Crippen LogP) is 3.31. The van der Waals surface area contributed by atoms with Gasteiger partial charge in [-0.05, 0) is 49.1 Å². The van der Waals surface area contributed by atoms with Crippen LogP contribution < -0.4 is 38.3 Å². The average molecular weight is 574 g/mol. The van der Waals surface area contributed by atoms with E-state index in [0.29, 0.717) is 0 Å². The van der Waals surface area contributed by atoms with E-state index in [0.717, 1.165) is 23.7 Å². The summed E-state index contributed by atoms with van der Waals surface area (Å²) in [7, 11) is -2.27. The van der Waals surface area contributed by atoms with Crippen molar-refractivity contribution in [2.24, 2.45) is 0 Å². The van der Waals surface area contributed by atoms with Gasteiger partial charge in [0.1, 0.15) is 26.8 Å². The maximum atomic E-state index is 5.56. The Morgan fingerprint density at radius 1 is 0.639 bits per heavy atom. The number of aromatic nitrogens is 2. The van der Waals surface area contributed by atoms with Crippen molar-refractivity contribution in [2.75, 3.05) is 5.75 Å². The first kappa shape index (κ1) is 26.4. The van der Waals surface area contributed by atoms with Crippen molar-refractivity contribution in [2.45, 2.75) is 25.4 Å². The Morgan fingerprint density at radius 2 is 1.06 bits per heavy atom. The normalized spacial score (nSPS) is 11.2. The van der Waals surface area contributed by atoms with E-state index in [1.165, 1.54) is 26.4 Å².